The van der Waals surface area contributed by atoms with Crippen molar-refractivity contribution in [3.05, 3.63) is 29.8 Å². The highest BCUT2D eigenvalue weighted by atomic mass is 32.2. The number of benzene rings is 1. The van der Waals surface area contributed by atoms with Gasteiger partial charge in [-0.15, -0.1) is 11.8 Å². The average Bonchev–Trinajstić information content (AvgIpc) is 3.51. The zero-order valence-electron chi connectivity index (χ0n) is 19.1. The Hall–Kier alpha value is -1.73. The number of thioether (sulfide) groups is 1. The largest absolute Gasteiger partial charge is 0.468 e. The van der Waals surface area contributed by atoms with Gasteiger partial charge in [0.2, 0.25) is 0 Å². The summed E-state index contributed by atoms with van der Waals surface area (Å²) in [7, 11) is 1.40. The van der Waals surface area contributed by atoms with Crippen LogP contribution in [0.3, 0.4) is 0 Å². The number of hydrogen-bond donors (Lipinski definition) is 0. The highest BCUT2D eigenvalue weighted by molar-refractivity contribution is 8.00. The number of likely N-dealkylation sites (tertiary alicyclic amines) is 1. The number of rotatable bonds is 8. The minimum atomic E-state index is -0.435. The van der Waals surface area contributed by atoms with Crippen LogP contribution in [0.1, 0.15) is 45.6 Å². The van der Waals surface area contributed by atoms with Crippen LogP contribution in [0, 0.1) is 17.8 Å². The van der Waals surface area contributed by atoms with E-state index >= 15 is 0 Å². The van der Waals surface area contributed by atoms with Crippen molar-refractivity contribution in [2.45, 2.75) is 57.1 Å². The van der Waals surface area contributed by atoms with Gasteiger partial charge < -0.3 is 19.1 Å². The summed E-state index contributed by atoms with van der Waals surface area (Å²) in [5, 5.41) is 0. The van der Waals surface area contributed by atoms with E-state index in [0.717, 1.165) is 48.9 Å². The Bertz CT molecular complexity index is 737. The molecule has 1 saturated carbocycles. The first-order chi connectivity index (χ1) is 14.7. The minimum Gasteiger partial charge on any atom is -0.468 e. The van der Waals surface area contributed by atoms with Crippen molar-refractivity contribution in [3.63, 3.8) is 0 Å². The third kappa shape index (κ3) is 7.72. The molecular weight excluding hydrogens is 414 g/mol. The van der Waals surface area contributed by atoms with E-state index in [2.05, 4.69) is 16.9 Å². The average molecular weight is 450 g/mol. The predicted octanol–water partition coefficient (Wildman–Crippen LogP) is 4.75. The lowest BCUT2D eigenvalue weighted by molar-refractivity contribution is -0.137. The van der Waals surface area contributed by atoms with Crippen molar-refractivity contribution in [1.82, 2.24) is 4.90 Å². The lowest BCUT2D eigenvalue weighted by Gasteiger charge is -2.33. The normalized spacial score (nSPS) is 21.6. The number of ether oxygens (including phenoxy) is 3. The molecule has 6 nitrogen and oxygen atoms in total. The van der Waals surface area contributed by atoms with E-state index in [-0.39, 0.29) is 12.1 Å². The van der Waals surface area contributed by atoms with E-state index in [0.29, 0.717) is 24.2 Å². The number of nitrogens with zero attached hydrogens (tertiary/aromatic N) is 1. The smallest absolute Gasteiger partial charge is 0.410 e. The third-order valence-corrected chi connectivity index (χ3v) is 6.87. The monoisotopic (exact) mass is 449 g/mol. The minimum absolute atomic E-state index is 0.184. The second kappa shape index (κ2) is 10.7. The molecule has 1 aliphatic carbocycles. The first-order valence-corrected chi connectivity index (χ1v) is 12.1. The number of esters is 1. The standard InChI is InChI=1S/C24H35NO5S/c1-24(2,3)30-23(27)25-11-9-18(10-12-25)21-13-19(21)15-29-14-17-5-7-20(8-6-17)31-16-22(26)28-4/h5-8,18-19,21H,9-16H2,1-4H3. The quantitative estimate of drug-likeness (QED) is 0.421. The molecule has 31 heavy (non-hydrogen) atoms. The molecule has 0 radical (unpaired) electrons. The zero-order chi connectivity index (χ0) is 22.4. The van der Waals surface area contributed by atoms with Gasteiger partial charge in [0.05, 0.1) is 26.1 Å². The highest BCUT2D eigenvalue weighted by Crippen LogP contribution is 2.48. The molecule has 0 spiro atoms. The van der Waals surface area contributed by atoms with Crippen LogP contribution in [0.15, 0.2) is 29.2 Å². The second-order valence-corrected chi connectivity index (χ2v) is 10.5. The molecule has 7 heteroatoms. The van der Waals surface area contributed by atoms with Crippen LogP contribution in [0.4, 0.5) is 4.79 Å². The fourth-order valence-electron chi connectivity index (χ4n) is 4.09. The highest BCUT2D eigenvalue weighted by Gasteiger charge is 2.44. The molecule has 1 amide bonds. The van der Waals surface area contributed by atoms with Gasteiger partial charge in [0.25, 0.3) is 0 Å². The number of carbonyl (C=O) groups excluding carboxylic acids is 2. The van der Waals surface area contributed by atoms with Crippen LogP contribution in [0.5, 0.6) is 0 Å². The maximum atomic E-state index is 12.2. The molecule has 2 aliphatic rings. The molecule has 1 aromatic rings. The van der Waals surface area contributed by atoms with Crippen LogP contribution in [-0.4, -0.2) is 55.1 Å². The van der Waals surface area contributed by atoms with Crippen molar-refractivity contribution in [2.75, 3.05) is 32.6 Å². The van der Waals surface area contributed by atoms with E-state index in [1.165, 1.54) is 25.3 Å². The van der Waals surface area contributed by atoms with E-state index in [1.54, 1.807) is 0 Å². The van der Waals surface area contributed by atoms with Crippen LogP contribution in [-0.2, 0) is 25.6 Å². The fraction of sp³-hybridized carbons (Fsp3) is 0.667. The molecule has 1 saturated heterocycles. The van der Waals surface area contributed by atoms with Gasteiger partial charge in [-0.1, -0.05) is 12.1 Å². The molecule has 3 rings (SSSR count). The molecular formula is C24H35NO5S. The molecule has 1 heterocycles. The van der Waals surface area contributed by atoms with Gasteiger partial charge in [0.1, 0.15) is 5.60 Å². The number of hydrogen-bond acceptors (Lipinski definition) is 6. The van der Waals surface area contributed by atoms with Crippen molar-refractivity contribution < 1.29 is 23.8 Å². The summed E-state index contributed by atoms with van der Waals surface area (Å²) in [4.78, 5) is 26.3. The number of piperidine rings is 1. The Morgan fingerprint density at radius 3 is 2.42 bits per heavy atom. The Morgan fingerprint density at radius 1 is 1.13 bits per heavy atom. The summed E-state index contributed by atoms with van der Waals surface area (Å²) in [6.45, 7) is 8.73. The summed E-state index contributed by atoms with van der Waals surface area (Å²) < 4.78 is 16.1. The summed E-state index contributed by atoms with van der Waals surface area (Å²) in [6, 6.07) is 8.14. The lowest BCUT2D eigenvalue weighted by atomic mass is 9.91. The van der Waals surface area contributed by atoms with Crippen molar-refractivity contribution in [1.29, 1.82) is 0 Å². The van der Waals surface area contributed by atoms with Crippen LogP contribution in [0.2, 0.25) is 0 Å². The topological polar surface area (TPSA) is 65.1 Å². The second-order valence-electron chi connectivity index (χ2n) is 9.49. The Labute approximate surface area is 190 Å². The van der Waals surface area contributed by atoms with Crippen molar-refractivity contribution in [2.24, 2.45) is 17.8 Å². The number of carbonyl (C=O) groups is 2. The Balaban J connectivity index is 1.31. The van der Waals surface area contributed by atoms with Gasteiger partial charge in [-0.25, -0.2) is 4.79 Å². The Kier molecular flexibility index (Phi) is 8.28. The van der Waals surface area contributed by atoms with E-state index < -0.39 is 5.60 Å². The predicted molar refractivity (Wildman–Crippen MR) is 121 cm³/mol. The van der Waals surface area contributed by atoms with Gasteiger partial charge >= 0.3 is 12.1 Å². The first-order valence-electron chi connectivity index (χ1n) is 11.1. The summed E-state index contributed by atoms with van der Waals surface area (Å²) >= 11 is 1.47. The van der Waals surface area contributed by atoms with Gasteiger partial charge in [-0.2, -0.15) is 0 Å². The third-order valence-electron chi connectivity index (χ3n) is 5.88. The van der Waals surface area contributed by atoms with Crippen LogP contribution in [0.25, 0.3) is 0 Å². The number of methoxy groups -OCH3 is 1. The molecule has 0 N–H and O–H groups in total. The maximum absolute atomic E-state index is 12.2. The fourth-order valence-corrected chi connectivity index (χ4v) is 4.82. The summed E-state index contributed by atoms with van der Waals surface area (Å²) in [5.41, 5.74) is 0.708. The zero-order valence-corrected chi connectivity index (χ0v) is 19.9. The maximum Gasteiger partial charge on any atom is 0.410 e. The number of amides is 1. The SMILES string of the molecule is COC(=O)CSc1ccc(COCC2CC2C2CCN(C(=O)OC(C)(C)C)CC2)cc1. The molecule has 2 unspecified atom stereocenters. The molecule has 0 bridgehead atoms. The first kappa shape index (κ1) is 23.9. The van der Waals surface area contributed by atoms with Gasteiger partial charge in [0.15, 0.2) is 0 Å². The summed E-state index contributed by atoms with van der Waals surface area (Å²) in [5.74, 6) is 2.18. The lowest BCUT2D eigenvalue weighted by Crippen LogP contribution is -2.42. The van der Waals surface area contributed by atoms with Crippen LogP contribution < -0.4 is 0 Å². The van der Waals surface area contributed by atoms with E-state index in [4.69, 9.17) is 9.47 Å². The van der Waals surface area contributed by atoms with Crippen molar-refractivity contribution in [3.8, 4) is 0 Å². The van der Waals surface area contributed by atoms with E-state index in [1.807, 2.05) is 37.8 Å². The van der Waals surface area contributed by atoms with Gasteiger partial charge in [-0.05, 0) is 75.5 Å². The van der Waals surface area contributed by atoms with Gasteiger partial charge in [-0.3, -0.25) is 4.79 Å². The molecule has 172 valence electrons. The van der Waals surface area contributed by atoms with Gasteiger partial charge in [0, 0.05) is 18.0 Å². The molecule has 1 aromatic carbocycles. The molecule has 2 fully saturated rings. The van der Waals surface area contributed by atoms with Crippen molar-refractivity contribution >= 4 is 23.8 Å². The van der Waals surface area contributed by atoms with Crippen LogP contribution >= 0.6 is 11.8 Å². The van der Waals surface area contributed by atoms with E-state index in [9.17, 15) is 9.59 Å². The summed E-state index contributed by atoms with van der Waals surface area (Å²) in [6.07, 6.45) is 3.17. The molecule has 1 aliphatic heterocycles. The Morgan fingerprint density at radius 2 is 1.81 bits per heavy atom. The molecule has 0 aromatic heterocycles. The molecule has 2 atom stereocenters.